The van der Waals surface area contributed by atoms with Crippen molar-refractivity contribution in [1.82, 2.24) is 9.88 Å². The Morgan fingerprint density at radius 3 is 2.84 bits per heavy atom. The van der Waals surface area contributed by atoms with Crippen LogP contribution >= 0.6 is 34.5 Å². The first kappa shape index (κ1) is 14.1. The minimum atomic E-state index is -0.227. The van der Waals surface area contributed by atoms with Gasteiger partial charge in [0.25, 0.3) is 5.91 Å². The highest BCUT2D eigenvalue weighted by Gasteiger charge is 2.17. The number of nitrogens with two attached hydrogens (primary N) is 1. The fourth-order valence-corrected chi connectivity index (χ4v) is 2.89. The SMILES string of the molecule is CN(Cc1ccc(Cl)s1)C(=O)c1cc(N)cnc1Cl. The Kier molecular flexibility index (Phi) is 4.29. The monoisotopic (exact) mass is 315 g/mol. The third-order valence-corrected chi connectivity index (χ3v) is 3.98. The lowest BCUT2D eigenvalue weighted by Gasteiger charge is -2.16. The number of carbonyl (C=O) groups excluding carboxylic acids is 1. The molecule has 1 amide bonds. The second kappa shape index (κ2) is 5.77. The Morgan fingerprint density at radius 2 is 2.21 bits per heavy atom. The van der Waals surface area contributed by atoms with Gasteiger partial charge in [-0.1, -0.05) is 23.2 Å². The van der Waals surface area contributed by atoms with Gasteiger partial charge in [0.2, 0.25) is 0 Å². The molecule has 0 aliphatic rings. The van der Waals surface area contributed by atoms with Gasteiger partial charge in [-0.3, -0.25) is 4.79 Å². The summed E-state index contributed by atoms with van der Waals surface area (Å²) in [6.45, 7) is 0.460. The van der Waals surface area contributed by atoms with Crippen LogP contribution in [0.2, 0.25) is 9.49 Å². The number of nitrogen functional groups attached to an aromatic ring is 1. The van der Waals surface area contributed by atoms with E-state index in [2.05, 4.69) is 4.98 Å². The van der Waals surface area contributed by atoms with Crippen molar-refractivity contribution in [2.24, 2.45) is 0 Å². The summed E-state index contributed by atoms with van der Waals surface area (Å²) in [6, 6.07) is 5.21. The van der Waals surface area contributed by atoms with Crippen molar-refractivity contribution in [3.8, 4) is 0 Å². The van der Waals surface area contributed by atoms with Crippen LogP contribution in [-0.4, -0.2) is 22.8 Å². The van der Waals surface area contributed by atoms with Gasteiger partial charge < -0.3 is 10.6 Å². The van der Waals surface area contributed by atoms with Crippen molar-refractivity contribution >= 4 is 46.1 Å². The molecule has 2 aromatic rings. The fourth-order valence-electron chi connectivity index (χ4n) is 1.56. The number of halogens is 2. The molecule has 0 aliphatic carbocycles. The maximum absolute atomic E-state index is 12.2. The van der Waals surface area contributed by atoms with Gasteiger partial charge in [0.15, 0.2) is 0 Å². The average molecular weight is 316 g/mol. The highest BCUT2D eigenvalue weighted by atomic mass is 35.5. The lowest BCUT2D eigenvalue weighted by atomic mass is 10.2. The van der Waals surface area contributed by atoms with Gasteiger partial charge in [0.1, 0.15) is 5.15 Å². The first-order valence-electron chi connectivity index (χ1n) is 5.38. The van der Waals surface area contributed by atoms with Crippen LogP contribution in [-0.2, 0) is 6.54 Å². The quantitative estimate of drug-likeness (QED) is 0.884. The zero-order valence-corrected chi connectivity index (χ0v) is 12.4. The van der Waals surface area contributed by atoms with E-state index in [0.717, 1.165) is 4.88 Å². The molecule has 0 saturated heterocycles. The molecule has 19 heavy (non-hydrogen) atoms. The van der Waals surface area contributed by atoms with Crippen LogP contribution in [0.3, 0.4) is 0 Å². The Morgan fingerprint density at radius 1 is 1.47 bits per heavy atom. The largest absolute Gasteiger partial charge is 0.397 e. The van der Waals surface area contributed by atoms with E-state index < -0.39 is 0 Å². The van der Waals surface area contributed by atoms with Crippen molar-refractivity contribution in [2.75, 3.05) is 12.8 Å². The number of pyridine rings is 1. The van der Waals surface area contributed by atoms with Gasteiger partial charge in [-0.15, -0.1) is 11.3 Å². The molecule has 0 aromatic carbocycles. The average Bonchev–Trinajstić information content (AvgIpc) is 2.77. The predicted molar refractivity (Wildman–Crippen MR) is 78.8 cm³/mol. The normalized spacial score (nSPS) is 10.5. The van der Waals surface area contributed by atoms with Crippen LogP contribution in [0.25, 0.3) is 0 Å². The number of amides is 1. The van der Waals surface area contributed by atoms with Crippen molar-refractivity contribution < 1.29 is 4.79 Å². The van der Waals surface area contributed by atoms with Crippen molar-refractivity contribution in [3.63, 3.8) is 0 Å². The number of nitrogens with zero attached hydrogens (tertiary/aromatic N) is 2. The van der Waals surface area contributed by atoms with Gasteiger partial charge in [-0.2, -0.15) is 0 Å². The molecule has 0 aliphatic heterocycles. The van der Waals surface area contributed by atoms with Gasteiger partial charge in [0, 0.05) is 11.9 Å². The number of thiophene rings is 1. The smallest absolute Gasteiger partial charge is 0.257 e. The number of aromatic nitrogens is 1. The zero-order chi connectivity index (χ0) is 14.0. The highest BCUT2D eigenvalue weighted by Crippen LogP contribution is 2.24. The van der Waals surface area contributed by atoms with Crippen molar-refractivity contribution in [3.05, 3.63) is 44.3 Å². The lowest BCUT2D eigenvalue weighted by Crippen LogP contribution is -2.26. The van der Waals surface area contributed by atoms with Crippen LogP contribution in [0.5, 0.6) is 0 Å². The van der Waals surface area contributed by atoms with Crippen LogP contribution in [0.1, 0.15) is 15.2 Å². The standard InChI is InChI=1S/C12H11Cl2N3OS/c1-17(6-8-2-3-10(13)19-8)12(18)9-4-7(15)5-16-11(9)14/h2-5H,6,15H2,1H3. The second-order valence-electron chi connectivity index (χ2n) is 3.97. The molecule has 0 fully saturated rings. The van der Waals surface area contributed by atoms with Gasteiger partial charge in [-0.05, 0) is 18.2 Å². The Labute approximate surface area is 124 Å². The molecule has 4 nitrogen and oxygen atoms in total. The third kappa shape index (κ3) is 3.37. The first-order valence-corrected chi connectivity index (χ1v) is 6.95. The van der Waals surface area contributed by atoms with Crippen LogP contribution in [0.15, 0.2) is 24.4 Å². The molecule has 7 heteroatoms. The summed E-state index contributed by atoms with van der Waals surface area (Å²) in [5.41, 5.74) is 6.32. The summed E-state index contributed by atoms with van der Waals surface area (Å²) < 4.78 is 0.694. The van der Waals surface area contributed by atoms with E-state index in [-0.39, 0.29) is 11.1 Å². The minimum absolute atomic E-state index is 0.148. The van der Waals surface area contributed by atoms with E-state index >= 15 is 0 Å². The molecule has 0 radical (unpaired) electrons. The van der Waals surface area contributed by atoms with Gasteiger partial charge in [0.05, 0.1) is 28.3 Å². The number of hydrogen-bond acceptors (Lipinski definition) is 4. The van der Waals surface area contributed by atoms with E-state index in [4.69, 9.17) is 28.9 Å². The zero-order valence-electron chi connectivity index (χ0n) is 10.1. The second-order valence-corrected chi connectivity index (χ2v) is 6.13. The van der Waals surface area contributed by atoms with Gasteiger partial charge >= 0.3 is 0 Å². The maximum Gasteiger partial charge on any atom is 0.257 e. The highest BCUT2D eigenvalue weighted by molar-refractivity contribution is 7.16. The Bertz CT molecular complexity index is 615. The van der Waals surface area contributed by atoms with Gasteiger partial charge in [-0.25, -0.2) is 4.98 Å². The summed E-state index contributed by atoms with van der Waals surface area (Å²) in [6.07, 6.45) is 1.41. The summed E-state index contributed by atoms with van der Waals surface area (Å²) in [4.78, 5) is 18.7. The molecule has 0 unspecified atom stereocenters. The maximum atomic E-state index is 12.2. The van der Waals surface area contributed by atoms with E-state index in [1.54, 1.807) is 18.0 Å². The summed E-state index contributed by atoms with van der Waals surface area (Å²) in [7, 11) is 1.69. The molecule has 2 rings (SSSR count). The molecule has 0 saturated carbocycles. The van der Waals surface area contributed by atoms with Crippen LogP contribution in [0.4, 0.5) is 5.69 Å². The summed E-state index contributed by atoms with van der Waals surface area (Å²) in [5, 5.41) is 0.148. The lowest BCUT2D eigenvalue weighted by molar-refractivity contribution is 0.0786. The molecule has 0 bridgehead atoms. The van der Waals surface area contributed by atoms with Crippen LogP contribution < -0.4 is 5.73 Å². The Balaban J connectivity index is 2.16. The molecule has 2 aromatic heterocycles. The summed E-state index contributed by atoms with van der Waals surface area (Å²) >= 11 is 13.2. The number of rotatable bonds is 3. The first-order chi connectivity index (χ1) is 8.97. The summed E-state index contributed by atoms with van der Waals surface area (Å²) in [5.74, 6) is -0.227. The molecular formula is C12H11Cl2N3OS. The third-order valence-electron chi connectivity index (χ3n) is 2.46. The van der Waals surface area contributed by atoms with E-state index in [9.17, 15) is 4.79 Å². The number of anilines is 1. The fraction of sp³-hybridized carbons (Fsp3) is 0.167. The predicted octanol–water partition coefficient (Wildman–Crippen LogP) is 3.30. The molecule has 100 valence electrons. The van der Waals surface area contributed by atoms with Crippen molar-refractivity contribution in [2.45, 2.75) is 6.54 Å². The van der Waals surface area contributed by atoms with E-state index in [1.165, 1.54) is 23.6 Å². The number of carbonyl (C=O) groups is 1. The Hall–Kier alpha value is -1.30. The molecule has 0 spiro atoms. The molecule has 2 N–H and O–H groups in total. The van der Waals surface area contributed by atoms with Crippen LogP contribution in [0, 0.1) is 0 Å². The van der Waals surface area contributed by atoms with Crippen molar-refractivity contribution in [1.29, 1.82) is 0 Å². The molecular weight excluding hydrogens is 305 g/mol. The van der Waals surface area contributed by atoms with E-state index in [0.29, 0.717) is 22.1 Å². The molecule has 2 heterocycles. The molecule has 0 atom stereocenters. The minimum Gasteiger partial charge on any atom is -0.397 e. The topological polar surface area (TPSA) is 59.2 Å². The number of hydrogen-bond donors (Lipinski definition) is 1. The van der Waals surface area contributed by atoms with E-state index in [1.807, 2.05) is 6.07 Å².